The van der Waals surface area contributed by atoms with Gasteiger partial charge in [-0.2, -0.15) is 0 Å². The summed E-state index contributed by atoms with van der Waals surface area (Å²) in [6.07, 6.45) is 0.994. The Hall–Kier alpha value is -3.06. The number of carbonyl (C=O) groups is 2. The molecule has 0 aromatic heterocycles. The highest BCUT2D eigenvalue weighted by Crippen LogP contribution is 2.19. The SMILES string of the molecule is CCN(CC1CCOC1)C(=O)c1ccc(OCC(=O)Nc2cccc(OC)c2)cc1. The quantitative estimate of drug-likeness (QED) is 0.684. The zero-order valence-corrected chi connectivity index (χ0v) is 17.4. The molecule has 2 amide bonds. The van der Waals surface area contributed by atoms with Crippen LogP contribution in [0.1, 0.15) is 23.7 Å². The topological polar surface area (TPSA) is 77.1 Å². The Morgan fingerprint density at radius 3 is 2.63 bits per heavy atom. The van der Waals surface area contributed by atoms with Crippen molar-refractivity contribution in [3.63, 3.8) is 0 Å². The Bertz CT molecular complexity index is 847. The van der Waals surface area contributed by atoms with Crippen molar-refractivity contribution >= 4 is 17.5 Å². The molecule has 1 atom stereocenters. The third-order valence-electron chi connectivity index (χ3n) is 5.00. The van der Waals surface area contributed by atoms with Crippen LogP contribution in [0.2, 0.25) is 0 Å². The number of hydrogen-bond donors (Lipinski definition) is 1. The van der Waals surface area contributed by atoms with Crippen LogP contribution in [-0.2, 0) is 9.53 Å². The van der Waals surface area contributed by atoms with Crippen LogP contribution in [0, 0.1) is 5.92 Å². The summed E-state index contributed by atoms with van der Waals surface area (Å²) in [5, 5.41) is 2.76. The lowest BCUT2D eigenvalue weighted by molar-refractivity contribution is -0.118. The van der Waals surface area contributed by atoms with Gasteiger partial charge in [0.05, 0.1) is 13.7 Å². The van der Waals surface area contributed by atoms with E-state index in [0.29, 0.717) is 48.4 Å². The van der Waals surface area contributed by atoms with Gasteiger partial charge >= 0.3 is 0 Å². The largest absolute Gasteiger partial charge is 0.497 e. The van der Waals surface area contributed by atoms with Crippen LogP contribution in [0.5, 0.6) is 11.5 Å². The highest BCUT2D eigenvalue weighted by atomic mass is 16.5. The number of methoxy groups -OCH3 is 1. The highest BCUT2D eigenvalue weighted by molar-refractivity contribution is 5.94. The number of rotatable bonds is 9. The Morgan fingerprint density at radius 2 is 1.97 bits per heavy atom. The zero-order valence-electron chi connectivity index (χ0n) is 17.4. The molecule has 1 aliphatic rings. The summed E-state index contributed by atoms with van der Waals surface area (Å²) in [6, 6.07) is 14.0. The van der Waals surface area contributed by atoms with Crippen molar-refractivity contribution in [2.24, 2.45) is 5.92 Å². The Morgan fingerprint density at radius 1 is 1.17 bits per heavy atom. The average Bonchev–Trinajstić information content (AvgIpc) is 3.29. The molecule has 0 radical (unpaired) electrons. The molecule has 7 nitrogen and oxygen atoms in total. The van der Waals surface area contributed by atoms with E-state index < -0.39 is 0 Å². The molecule has 2 aromatic carbocycles. The fourth-order valence-corrected chi connectivity index (χ4v) is 3.32. The smallest absolute Gasteiger partial charge is 0.262 e. The van der Waals surface area contributed by atoms with Gasteiger partial charge in [0, 0.05) is 42.9 Å². The van der Waals surface area contributed by atoms with E-state index in [0.717, 1.165) is 13.0 Å². The van der Waals surface area contributed by atoms with Gasteiger partial charge in [0.1, 0.15) is 11.5 Å². The van der Waals surface area contributed by atoms with Gasteiger partial charge in [0.2, 0.25) is 0 Å². The zero-order chi connectivity index (χ0) is 21.3. The normalized spacial score (nSPS) is 15.5. The second-order valence-corrected chi connectivity index (χ2v) is 7.17. The minimum atomic E-state index is -0.278. The maximum Gasteiger partial charge on any atom is 0.262 e. The molecule has 1 N–H and O–H groups in total. The Kier molecular flexibility index (Phi) is 7.68. The minimum Gasteiger partial charge on any atom is -0.497 e. The number of benzene rings is 2. The number of hydrogen-bond acceptors (Lipinski definition) is 5. The van der Waals surface area contributed by atoms with Crippen LogP contribution < -0.4 is 14.8 Å². The fraction of sp³-hybridized carbons (Fsp3) is 0.391. The summed E-state index contributed by atoms with van der Waals surface area (Å²) in [5.74, 6) is 1.31. The summed E-state index contributed by atoms with van der Waals surface area (Å²) in [7, 11) is 1.57. The van der Waals surface area contributed by atoms with Crippen molar-refractivity contribution in [2.75, 3.05) is 45.3 Å². The lowest BCUT2D eigenvalue weighted by atomic mass is 10.1. The summed E-state index contributed by atoms with van der Waals surface area (Å²) in [4.78, 5) is 26.7. The Labute approximate surface area is 176 Å². The molecule has 3 rings (SSSR count). The van der Waals surface area contributed by atoms with E-state index in [1.54, 1.807) is 55.6 Å². The molecule has 0 saturated carbocycles. The summed E-state index contributed by atoms with van der Waals surface area (Å²) >= 11 is 0. The van der Waals surface area contributed by atoms with Crippen LogP contribution in [0.25, 0.3) is 0 Å². The number of ether oxygens (including phenoxy) is 3. The van der Waals surface area contributed by atoms with E-state index in [9.17, 15) is 9.59 Å². The third-order valence-corrected chi connectivity index (χ3v) is 5.00. The number of anilines is 1. The van der Waals surface area contributed by atoms with Gasteiger partial charge in [-0.25, -0.2) is 0 Å². The van der Waals surface area contributed by atoms with Crippen molar-refractivity contribution in [3.05, 3.63) is 54.1 Å². The third kappa shape index (κ3) is 5.97. The highest BCUT2D eigenvalue weighted by Gasteiger charge is 2.22. The molecule has 2 aromatic rings. The Balaban J connectivity index is 1.50. The van der Waals surface area contributed by atoms with E-state index in [2.05, 4.69) is 5.32 Å². The predicted octanol–water partition coefficient (Wildman–Crippen LogP) is 3.21. The molecule has 1 aliphatic heterocycles. The first-order valence-electron chi connectivity index (χ1n) is 10.1. The lowest BCUT2D eigenvalue weighted by Crippen LogP contribution is -2.35. The lowest BCUT2D eigenvalue weighted by Gasteiger charge is -2.23. The standard InChI is InChI=1S/C23H28N2O5/c1-3-25(14-17-11-12-29-15-17)23(27)18-7-9-20(10-8-18)30-16-22(26)24-19-5-4-6-21(13-19)28-2/h4-10,13,17H,3,11-12,14-16H2,1-2H3,(H,24,26). The van der Waals surface area contributed by atoms with E-state index >= 15 is 0 Å². The second kappa shape index (κ2) is 10.6. The van der Waals surface area contributed by atoms with E-state index in [1.807, 2.05) is 11.8 Å². The molecule has 0 bridgehead atoms. The van der Waals surface area contributed by atoms with Crippen molar-refractivity contribution in [1.82, 2.24) is 4.90 Å². The van der Waals surface area contributed by atoms with Gasteiger partial charge < -0.3 is 24.4 Å². The maximum absolute atomic E-state index is 12.8. The van der Waals surface area contributed by atoms with Gasteiger partial charge in [-0.05, 0) is 49.7 Å². The van der Waals surface area contributed by atoms with Crippen molar-refractivity contribution in [3.8, 4) is 11.5 Å². The van der Waals surface area contributed by atoms with E-state index in [-0.39, 0.29) is 18.4 Å². The van der Waals surface area contributed by atoms with Gasteiger partial charge in [0.15, 0.2) is 6.61 Å². The second-order valence-electron chi connectivity index (χ2n) is 7.17. The maximum atomic E-state index is 12.8. The molecule has 1 fully saturated rings. The molecule has 1 unspecified atom stereocenters. The first kappa shape index (κ1) is 21.6. The van der Waals surface area contributed by atoms with Crippen LogP contribution >= 0.6 is 0 Å². The molecule has 160 valence electrons. The number of nitrogens with one attached hydrogen (secondary N) is 1. The molecule has 30 heavy (non-hydrogen) atoms. The number of carbonyl (C=O) groups excluding carboxylic acids is 2. The van der Waals surface area contributed by atoms with Crippen molar-refractivity contribution < 1.29 is 23.8 Å². The molecule has 0 aliphatic carbocycles. The van der Waals surface area contributed by atoms with Gasteiger partial charge in [0.25, 0.3) is 11.8 Å². The molecule has 1 heterocycles. The first-order chi connectivity index (χ1) is 14.6. The fourth-order valence-electron chi connectivity index (χ4n) is 3.32. The van der Waals surface area contributed by atoms with E-state index in [4.69, 9.17) is 14.2 Å². The predicted molar refractivity (Wildman–Crippen MR) is 114 cm³/mol. The minimum absolute atomic E-state index is 0.00767. The summed E-state index contributed by atoms with van der Waals surface area (Å²) < 4.78 is 16.1. The van der Waals surface area contributed by atoms with Gasteiger partial charge in [-0.3, -0.25) is 9.59 Å². The van der Waals surface area contributed by atoms with Gasteiger partial charge in [-0.15, -0.1) is 0 Å². The molecule has 1 saturated heterocycles. The van der Waals surface area contributed by atoms with Crippen molar-refractivity contribution in [1.29, 1.82) is 0 Å². The van der Waals surface area contributed by atoms with Crippen LogP contribution in [0.15, 0.2) is 48.5 Å². The molecule has 7 heteroatoms. The monoisotopic (exact) mass is 412 g/mol. The first-order valence-corrected chi connectivity index (χ1v) is 10.1. The number of amides is 2. The molecular formula is C23H28N2O5. The van der Waals surface area contributed by atoms with E-state index in [1.165, 1.54) is 0 Å². The summed E-state index contributed by atoms with van der Waals surface area (Å²) in [6.45, 7) is 4.69. The number of nitrogens with zero attached hydrogens (tertiary/aromatic N) is 1. The van der Waals surface area contributed by atoms with Crippen LogP contribution in [-0.4, -0.2) is 56.7 Å². The van der Waals surface area contributed by atoms with Crippen molar-refractivity contribution in [2.45, 2.75) is 13.3 Å². The molecular weight excluding hydrogens is 384 g/mol. The van der Waals surface area contributed by atoms with Crippen LogP contribution in [0.4, 0.5) is 5.69 Å². The van der Waals surface area contributed by atoms with Crippen LogP contribution in [0.3, 0.4) is 0 Å². The average molecular weight is 412 g/mol. The summed E-state index contributed by atoms with van der Waals surface area (Å²) in [5.41, 5.74) is 1.24. The van der Waals surface area contributed by atoms with Gasteiger partial charge in [-0.1, -0.05) is 6.07 Å². The molecule has 0 spiro atoms.